The van der Waals surface area contributed by atoms with Crippen molar-refractivity contribution in [3.63, 3.8) is 0 Å². The van der Waals surface area contributed by atoms with E-state index in [1.54, 1.807) is 18.2 Å². The largest absolute Gasteiger partial charge is 0.368 e. The molecule has 1 fully saturated rings. The first kappa shape index (κ1) is 19.4. The number of carbonyl (C=O) groups is 2. The van der Waals surface area contributed by atoms with E-state index in [1.807, 2.05) is 38.1 Å². The molecule has 0 unspecified atom stereocenters. The van der Waals surface area contributed by atoms with Crippen LogP contribution in [0.3, 0.4) is 0 Å². The zero-order valence-corrected chi connectivity index (χ0v) is 15.6. The molecule has 2 N–H and O–H groups in total. The van der Waals surface area contributed by atoms with Gasteiger partial charge < -0.3 is 15.5 Å². The topological polar surface area (TPSA) is 79.0 Å². The minimum Gasteiger partial charge on any atom is -0.368 e. The molecule has 1 saturated heterocycles. The smallest absolute Gasteiger partial charge is 0.248 e. The van der Waals surface area contributed by atoms with Gasteiger partial charge in [-0.25, -0.2) is 4.99 Å². The molecule has 1 amide bonds. The molecular formula is C20H26N4O2. The molecule has 0 aliphatic carbocycles. The number of amides is 1. The summed E-state index contributed by atoms with van der Waals surface area (Å²) < 4.78 is 0. The molecule has 1 aromatic rings. The number of piperazine rings is 1. The molecule has 0 aromatic heterocycles. The Kier molecular flexibility index (Phi) is 6.72. The summed E-state index contributed by atoms with van der Waals surface area (Å²) in [5, 5.41) is 0. The van der Waals surface area contributed by atoms with Crippen molar-refractivity contribution in [1.29, 1.82) is 0 Å². The first-order chi connectivity index (χ1) is 12.4. The Labute approximate surface area is 154 Å². The highest BCUT2D eigenvalue weighted by atomic mass is 16.1. The fourth-order valence-electron chi connectivity index (χ4n) is 2.88. The molecule has 0 spiro atoms. The van der Waals surface area contributed by atoms with Gasteiger partial charge in [0.15, 0.2) is 5.78 Å². The van der Waals surface area contributed by atoms with Crippen LogP contribution in [0.15, 0.2) is 53.2 Å². The van der Waals surface area contributed by atoms with E-state index in [0.717, 1.165) is 37.7 Å². The lowest BCUT2D eigenvalue weighted by molar-refractivity contribution is -0.112. The van der Waals surface area contributed by atoms with Crippen molar-refractivity contribution in [3.8, 4) is 0 Å². The Bertz CT molecular complexity index is 740. The third-order valence-corrected chi connectivity index (χ3v) is 4.23. The molecule has 0 atom stereocenters. The molecule has 138 valence electrons. The van der Waals surface area contributed by atoms with Crippen LogP contribution < -0.4 is 10.6 Å². The molecule has 1 heterocycles. The fourth-order valence-corrected chi connectivity index (χ4v) is 2.88. The zero-order chi connectivity index (χ0) is 19.1. The van der Waals surface area contributed by atoms with Crippen molar-refractivity contribution >= 4 is 23.2 Å². The van der Waals surface area contributed by atoms with E-state index in [4.69, 9.17) is 5.73 Å². The summed E-state index contributed by atoms with van der Waals surface area (Å²) in [5.74, 6) is 0.474. The Morgan fingerprint density at radius 3 is 2.19 bits per heavy atom. The Morgan fingerprint density at radius 1 is 1.08 bits per heavy atom. The van der Waals surface area contributed by atoms with E-state index >= 15 is 0 Å². The molecule has 1 aliphatic rings. The molecule has 0 bridgehead atoms. The molecule has 6 heteroatoms. The maximum absolute atomic E-state index is 11.3. The summed E-state index contributed by atoms with van der Waals surface area (Å²) in [4.78, 5) is 31.6. The van der Waals surface area contributed by atoms with Crippen molar-refractivity contribution in [2.75, 3.05) is 31.1 Å². The van der Waals surface area contributed by atoms with Crippen LogP contribution in [0.5, 0.6) is 0 Å². The number of ketones is 1. The van der Waals surface area contributed by atoms with Crippen LogP contribution in [0.4, 0.5) is 5.69 Å². The number of anilines is 1. The standard InChI is InChI=1S/C20H26N4O2/c1-4-5-18(14-15(2)25)22-16(3)23-10-12-24(13-11-23)19-8-6-17(7-9-19)20(21)26/h4-9,14H,10-13H2,1-3H3,(H2,21,26)/b5-4-,18-14-,22-16?. The Hall–Kier alpha value is -2.89. The van der Waals surface area contributed by atoms with Gasteiger partial charge in [-0.3, -0.25) is 9.59 Å². The van der Waals surface area contributed by atoms with E-state index < -0.39 is 5.91 Å². The minimum atomic E-state index is -0.413. The second-order valence-corrected chi connectivity index (χ2v) is 6.22. The maximum Gasteiger partial charge on any atom is 0.248 e. The van der Waals surface area contributed by atoms with Crippen LogP contribution in [0.25, 0.3) is 0 Å². The Balaban J connectivity index is 2.01. The molecular weight excluding hydrogens is 328 g/mol. The number of benzene rings is 1. The van der Waals surface area contributed by atoms with E-state index in [2.05, 4.69) is 14.8 Å². The molecule has 2 rings (SSSR count). The predicted molar refractivity (Wildman–Crippen MR) is 105 cm³/mol. The number of primary amides is 1. The molecule has 1 aliphatic heterocycles. The summed E-state index contributed by atoms with van der Waals surface area (Å²) in [6.07, 6.45) is 5.25. The van der Waals surface area contributed by atoms with Crippen molar-refractivity contribution in [3.05, 3.63) is 53.8 Å². The van der Waals surface area contributed by atoms with E-state index in [-0.39, 0.29) is 5.78 Å². The maximum atomic E-state index is 11.3. The predicted octanol–water partition coefficient (Wildman–Crippen LogP) is 2.37. The lowest BCUT2D eigenvalue weighted by Gasteiger charge is -2.37. The SMILES string of the molecule is C/C=C\C(=C\C(C)=O)N=C(C)N1CCN(c2ccc(C(N)=O)cc2)CC1. The highest BCUT2D eigenvalue weighted by Gasteiger charge is 2.18. The highest BCUT2D eigenvalue weighted by Crippen LogP contribution is 2.18. The average molecular weight is 354 g/mol. The van der Waals surface area contributed by atoms with Crippen molar-refractivity contribution in [1.82, 2.24) is 4.90 Å². The minimum absolute atomic E-state index is 0.0149. The first-order valence-electron chi connectivity index (χ1n) is 8.70. The van der Waals surface area contributed by atoms with Crippen LogP contribution in [-0.4, -0.2) is 48.6 Å². The van der Waals surface area contributed by atoms with Gasteiger partial charge in [0.05, 0.1) is 5.70 Å². The molecule has 26 heavy (non-hydrogen) atoms. The highest BCUT2D eigenvalue weighted by molar-refractivity contribution is 5.93. The third-order valence-electron chi connectivity index (χ3n) is 4.23. The number of rotatable bonds is 5. The molecule has 6 nitrogen and oxygen atoms in total. The second-order valence-electron chi connectivity index (χ2n) is 6.22. The number of hydrogen-bond donors (Lipinski definition) is 1. The van der Waals surface area contributed by atoms with Gasteiger partial charge in [-0.05, 0) is 51.1 Å². The van der Waals surface area contributed by atoms with Crippen LogP contribution in [0, 0.1) is 0 Å². The third kappa shape index (κ3) is 5.31. The lowest BCUT2D eigenvalue weighted by atomic mass is 10.1. The van der Waals surface area contributed by atoms with E-state index in [0.29, 0.717) is 11.3 Å². The second kappa shape index (κ2) is 8.99. The fraction of sp³-hybridized carbons (Fsp3) is 0.350. The number of hydrogen-bond acceptors (Lipinski definition) is 4. The summed E-state index contributed by atoms with van der Waals surface area (Å²) in [7, 11) is 0. The van der Waals surface area contributed by atoms with Gasteiger partial charge in [0.2, 0.25) is 5.91 Å². The summed E-state index contributed by atoms with van der Waals surface area (Å²) in [5.41, 5.74) is 7.55. The van der Waals surface area contributed by atoms with Gasteiger partial charge in [-0.2, -0.15) is 0 Å². The van der Waals surface area contributed by atoms with Gasteiger partial charge in [0.1, 0.15) is 5.84 Å². The number of amidine groups is 1. The van der Waals surface area contributed by atoms with E-state index in [1.165, 1.54) is 6.92 Å². The average Bonchev–Trinajstić information content (AvgIpc) is 2.61. The quantitative estimate of drug-likeness (QED) is 0.381. The van der Waals surface area contributed by atoms with Crippen LogP contribution in [0.1, 0.15) is 31.1 Å². The van der Waals surface area contributed by atoms with E-state index in [9.17, 15) is 9.59 Å². The molecule has 1 aromatic carbocycles. The monoisotopic (exact) mass is 354 g/mol. The summed E-state index contributed by atoms with van der Waals surface area (Å²) in [6, 6.07) is 7.37. The number of nitrogens with two attached hydrogens (primary N) is 1. The van der Waals surface area contributed by atoms with Crippen molar-refractivity contribution in [2.24, 2.45) is 10.7 Å². The molecule has 0 saturated carbocycles. The van der Waals surface area contributed by atoms with Gasteiger partial charge in [-0.1, -0.05) is 6.08 Å². The van der Waals surface area contributed by atoms with Gasteiger partial charge in [0.25, 0.3) is 0 Å². The number of carbonyl (C=O) groups excluding carboxylic acids is 2. The van der Waals surface area contributed by atoms with Crippen molar-refractivity contribution < 1.29 is 9.59 Å². The van der Waals surface area contributed by atoms with Gasteiger partial charge in [-0.15, -0.1) is 0 Å². The van der Waals surface area contributed by atoms with Crippen LogP contribution in [0.2, 0.25) is 0 Å². The van der Waals surface area contributed by atoms with Crippen molar-refractivity contribution in [2.45, 2.75) is 20.8 Å². The van der Waals surface area contributed by atoms with Gasteiger partial charge >= 0.3 is 0 Å². The summed E-state index contributed by atoms with van der Waals surface area (Å²) in [6.45, 7) is 8.80. The molecule has 0 radical (unpaired) electrons. The van der Waals surface area contributed by atoms with Gasteiger partial charge in [0, 0.05) is 43.5 Å². The lowest BCUT2D eigenvalue weighted by Crippen LogP contribution is -2.48. The number of allylic oxidation sites excluding steroid dienone is 3. The number of aliphatic imine (C=N–C) groups is 1. The van der Waals surface area contributed by atoms with Crippen LogP contribution >= 0.6 is 0 Å². The first-order valence-corrected chi connectivity index (χ1v) is 8.70. The zero-order valence-electron chi connectivity index (χ0n) is 15.6. The number of nitrogens with zero attached hydrogens (tertiary/aromatic N) is 3. The van der Waals surface area contributed by atoms with Crippen LogP contribution in [-0.2, 0) is 4.79 Å². The Morgan fingerprint density at radius 2 is 1.69 bits per heavy atom. The summed E-state index contributed by atoms with van der Waals surface area (Å²) >= 11 is 0. The normalized spacial score (nSPS) is 16.3.